The second-order valence-corrected chi connectivity index (χ2v) is 5.53. The van der Waals surface area contributed by atoms with Crippen molar-refractivity contribution < 1.29 is 0 Å². The Balaban J connectivity index is 1.70. The molecule has 2 saturated carbocycles. The van der Waals surface area contributed by atoms with Crippen molar-refractivity contribution in [1.82, 2.24) is 4.90 Å². The van der Waals surface area contributed by atoms with E-state index >= 15 is 0 Å². The molecule has 3 atom stereocenters. The van der Waals surface area contributed by atoms with Crippen LogP contribution in [0.4, 0.5) is 0 Å². The van der Waals surface area contributed by atoms with Gasteiger partial charge in [0.2, 0.25) is 0 Å². The molecule has 2 aliphatic carbocycles. The molecule has 0 radical (unpaired) electrons. The van der Waals surface area contributed by atoms with E-state index in [2.05, 4.69) is 4.90 Å². The smallest absolute Gasteiger partial charge is 0.0103 e. The van der Waals surface area contributed by atoms with Crippen LogP contribution in [0.1, 0.15) is 44.9 Å². The topological polar surface area (TPSA) is 29.3 Å². The van der Waals surface area contributed by atoms with Crippen molar-refractivity contribution in [1.29, 1.82) is 0 Å². The van der Waals surface area contributed by atoms with Crippen LogP contribution in [-0.4, -0.2) is 29.6 Å². The molecule has 1 heterocycles. The molecule has 2 heteroatoms. The van der Waals surface area contributed by atoms with Gasteiger partial charge in [0.05, 0.1) is 0 Å². The first-order valence-corrected chi connectivity index (χ1v) is 6.36. The van der Waals surface area contributed by atoms with Gasteiger partial charge in [-0.25, -0.2) is 0 Å². The number of hydrogen-bond donors (Lipinski definition) is 1. The van der Waals surface area contributed by atoms with Crippen LogP contribution in [0, 0.1) is 5.92 Å². The maximum atomic E-state index is 6.15. The average molecular weight is 194 g/mol. The summed E-state index contributed by atoms with van der Waals surface area (Å²) in [7, 11) is 0. The minimum atomic E-state index is 0.512. The normalized spacial score (nSPS) is 44.8. The van der Waals surface area contributed by atoms with Crippen LogP contribution in [-0.2, 0) is 0 Å². The summed E-state index contributed by atoms with van der Waals surface area (Å²) in [5, 5.41) is 0. The Morgan fingerprint density at radius 3 is 2.43 bits per heavy atom. The lowest BCUT2D eigenvalue weighted by atomic mass is 9.86. The Labute approximate surface area is 86.8 Å². The van der Waals surface area contributed by atoms with E-state index in [0.717, 1.165) is 18.0 Å². The molecule has 80 valence electrons. The predicted molar refractivity (Wildman–Crippen MR) is 58.1 cm³/mol. The van der Waals surface area contributed by atoms with Crippen LogP contribution in [0.5, 0.6) is 0 Å². The molecule has 0 aromatic rings. The molecule has 3 unspecified atom stereocenters. The molecule has 0 amide bonds. The van der Waals surface area contributed by atoms with Crippen LogP contribution in [0.2, 0.25) is 0 Å². The largest absolute Gasteiger partial charge is 0.327 e. The minimum Gasteiger partial charge on any atom is -0.327 e. The second-order valence-electron chi connectivity index (χ2n) is 5.53. The van der Waals surface area contributed by atoms with Crippen molar-refractivity contribution >= 4 is 0 Å². The van der Waals surface area contributed by atoms with Gasteiger partial charge in [0, 0.05) is 24.7 Å². The molecule has 14 heavy (non-hydrogen) atoms. The average Bonchev–Trinajstić information content (AvgIpc) is 2.80. The maximum Gasteiger partial charge on any atom is 0.0103 e. The third-order valence-corrected chi connectivity index (χ3v) is 4.72. The van der Waals surface area contributed by atoms with Crippen LogP contribution >= 0.6 is 0 Å². The molecule has 3 rings (SSSR count). The molecule has 0 aromatic carbocycles. The first kappa shape index (κ1) is 9.17. The number of likely N-dealkylation sites (tertiary alicyclic amines) is 1. The highest BCUT2D eigenvalue weighted by atomic mass is 15.2. The van der Waals surface area contributed by atoms with E-state index in [0.29, 0.717) is 6.04 Å². The highest BCUT2D eigenvalue weighted by Gasteiger charge is 2.42. The lowest BCUT2D eigenvalue weighted by Crippen LogP contribution is -2.37. The zero-order valence-corrected chi connectivity index (χ0v) is 8.99. The Kier molecular flexibility index (Phi) is 2.29. The highest BCUT2D eigenvalue weighted by molar-refractivity contribution is 4.98. The van der Waals surface area contributed by atoms with E-state index < -0.39 is 0 Å². The van der Waals surface area contributed by atoms with Crippen molar-refractivity contribution in [3.05, 3.63) is 0 Å². The van der Waals surface area contributed by atoms with Crippen LogP contribution in [0.15, 0.2) is 0 Å². The van der Waals surface area contributed by atoms with E-state index in [4.69, 9.17) is 5.73 Å². The molecule has 0 spiro atoms. The van der Waals surface area contributed by atoms with Crippen LogP contribution < -0.4 is 5.73 Å². The molecule has 2 nitrogen and oxygen atoms in total. The van der Waals surface area contributed by atoms with Gasteiger partial charge in [-0.15, -0.1) is 0 Å². The standard InChI is InChI=1S/C12H22N2/c13-12-6-5-11-7-9(12)8-14(11)10-3-1-2-4-10/h9-12H,1-8,13H2. The summed E-state index contributed by atoms with van der Waals surface area (Å²) >= 11 is 0. The molecule has 3 fully saturated rings. The number of nitrogens with two attached hydrogens (primary N) is 1. The molecule has 1 aliphatic heterocycles. The van der Waals surface area contributed by atoms with E-state index in [1.807, 2.05) is 0 Å². The zero-order valence-electron chi connectivity index (χ0n) is 8.99. The third kappa shape index (κ3) is 1.40. The lowest BCUT2D eigenvalue weighted by Gasteiger charge is -2.30. The van der Waals surface area contributed by atoms with Gasteiger partial charge in [-0.1, -0.05) is 12.8 Å². The highest BCUT2D eigenvalue weighted by Crippen LogP contribution is 2.39. The van der Waals surface area contributed by atoms with Gasteiger partial charge in [-0.05, 0) is 38.0 Å². The van der Waals surface area contributed by atoms with Crippen LogP contribution in [0.3, 0.4) is 0 Å². The number of hydrogen-bond acceptors (Lipinski definition) is 2. The predicted octanol–water partition coefficient (Wildman–Crippen LogP) is 1.74. The van der Waals surface area contributed by atoms with Gasteiger partial charge in [0.1, 0.15) is 0 Å². The quantitative estimate of drug-likeness (QED) is 0.689. The summed E-state index contributed by atoms with van der Waals surface area (Å²) in [5.41, 5.74) is 6.15. The molecular formula is C12H22N2. The summed E-state index contributed by atoms with van der Waals surface area (Å²) in [6, 6.07) is 2.34. The summed E-state index contributed by atoms with van der Waals surface area (Å²) in [6.07, 6.45) is 9.89. The Bertz CT molecular complexity index is 210. The van der Waals surface area contributed by atoms with Crippen molar-refractivity contribution in [3.8, 4) is 0 Å². The lowest BCUT2D eigenvalue weighted by molar-refractivity contribution is 0.176. The van der Waals surface area contributed by atoms with Crippen molar-refractivity contribution in [3.63, 3.8) is 0 Å². The molecular weight excluding hydrogens is 172 g/mol. The summed E-state index contributed by atoms with van der Waals surface area (Å²) in [5.74, 6) is 0.828. The fourth-order valence-corrected chi connectivity index (χ4v) is 3.88. The fourth-order valence-electron chi connectivity index (χ4n) is 3.88. The first-order chi connectivity index (χ1) is 6.84. The molecule has 2 bridgehead atoms. The molecule has 0 aromatic heterocycles. The van der Waals surface area contributed by atoms with Gasteiger partial charge in [-0.3, -0.25) is 4.90 Å². The summed E-state index contributed by atoms with van der Waals surface area (Å²) < 4.78 is 0. The van der Waals surface area contributed by atoms with Crippen molar-refractivity contribution in [2.75, 3.05) is 6.54 Å². The Hall–Kier alpha value is -0.0800. The van der Waals surface area contributed by atoms with Gasteiger partial charge in [0.15, 0.2) is 0 Å². The van der Waals surface area contributed by atoms with E-state index in [1.54, 1.807) is 0 Å². The Morgan fingerprint density at radius 1 is 0.929 bits per heavy atom. The number of rotatable bonds is 1. The van der Waals surface area contributed by atoms with Gasteiger partial charge in [-0.2, -0.15) is 0 Å². The first-order valence-electron chi connectivity index (χ1n) is 6.36. The molecule has 2 N–H and O–H groups in total. The van der Waals surface area contributed by atoms with E-state index in [-0.39, 0.29) is 0 Å². The molecule has 3 aliphatic rings. The monoisotopic (exact) mass is 194 g/mol. The third-order valence-electron chi connectivity index (χ3n) is 4.72. The van der Waals surface area contributed by atoms with Gasteiger partial charge in [0.25, 0.3) is 0 Å². The summed E-state index contributed by atoms with van der Waals surface area (Å²) in [4.78, 5) is 2.81. The Morgan fingerprint density at radius 2 is 1.71 bits per heavy atom. The van der Waals surface area contributed by atoms with Crippen molar-refractivity contribution in [2.24, 2.45) is 11.7 Å². The van der Waals surface area contributed by atoms with Gasteiger partial charge >= 0.3 is 0 Å². The van der Waals surface area contributed by atoms with Crippen molar-refractivity contribution in [2.45, 2.75) is 63.1 Å². The number of nitrogens with zero attached hydrogens (tertiary/aromatic N) is 1. The summed E-state index contributed by atoms with van der Waals surface area (Å²) in [6.45, 7) is 1.32. The van der Waals surface area contributed by atoms with E-state index in [9.17, 15) is 0 Å². The fraction of sp³-hybridized carbons (Fsp3) is 1.00. The van der Waals surface area contributed by atoms with Crippen LogP contribution in [0.25, 0.3) is 0 Å². The van der Waals surface area contributed by atoms with Gasteiger partial charge < -0.3 is 5.73 Å². The zero-order chi connectivity index (χ0) is 9.54. The maximum absolute atomic E-state index is 6.15. The van der Waals surface area contributed by atoms with E-state index in [1.165, 1.54) is 51.5 Å². The SMILES string of the molecule is NC1CCC2CC1CN2C1CCCC1. The minimum absolute atomic E-state index is 0.512. The molecule has 1 saturated heterocycles. The number of fused-ring (bicyclic) bond motifs is 2. The second kappa shape index (κ2) is 3.49.